The standard InChI is InChI=1S/C19H28FN3O5/c1-19(2,3)28-18(25)23-9-10-26-16(11-23)15(27-17(22)24)8-7-12-13(20)5-4-6-14(12)21/h4-6,15-16H,7-11,21H2,1-3H3,(H2,22,24). The molecule has 0 spiro atoms. The van der Waals surface area contributed by atoms with Crippen LogP contribution in [-0.4, -0.2) is 54.6 Å². The van der Waals surface area contributed by atoms with Gasteiger partial charge in [-0.05, 0) is 45.7 Å². The van der Waals surface area contributed by atoms with Crippen LogP contribution in [0.4, 0.5) is 19.7 Å². The fourth-order valence-electron chi connectivity index (χ4n) is 2.99. The summed E-state index contributed by atoms with van der Waals surface area (Å²) in [5, 5.41) is 0. The van der Waals surface area contributed by atoms with E-state index in [1.807, 2.05) is 0 Å². The molecule has 0 aliphatic carbocycles. The molecule has 1 fully saturated rings. The zero-order chi connectivity index (χ0) is 20.9. The van der Waals surface area contributed by atoms with Crippen molar-refractivity contribution in [3.05, 3.63) is 29.6 Å². The molecule has 1 aliphatic heterocycles. The second-order valence-corrected chi connectivity index (χ2v) is 7.66. The molecule has 1 aliphatic rings. The first-order valence-electron chi connectivity index (χ1n) is 9.15. The maximum atomic E-state index is 14.0. The quantitative estimate of drug-likeness (QED) is 0.737. The van der Waals surface area contributed by atoms with Gasteiger partial charge in [0.2, 0.25) is 0 Å². The maximum absolute atomic E-state index is 14.0. The van der Waals surface area contributed by atoms with Crippen molar-refractivity contribution in [3.63, 3.8) is 0 Å². The number of primary amides is 1. The Morgan fingerprint density at radius 2 is 2.11 bits per heavy atom. The van der Waals surface area contributed by atoms with Gasteiger partial charge in [-0.25, -0.2) is 14.0 Å². The molecule has 2 atom stereocenters. The molecule has 0 radical (unpaired) electrons. The van der Waals surface area contributed by atoms with Crippen LogP contribution in [0, 0.1) is 5.82 Å². The summed E-state index contributed by atoms with van der Waals surface area (Å²) >= 11 is 0. The largest absolute Gasteiger partial charge is 0.444 e. The summed E-state index contributed by atoms with van der Waals surface area (Å²) in [4.78, 5) is 25.2. The number of nitrogen functional groups attached to an aromatic ring is 1. The Morgan fingerprint density at radius 3 is 2.71 bits per heavy atom. The molecule has 0 bridgehead atoms. The lowest BCUT2D eigenvalue weighted by Crippen LogP contribution is -2.52. The van der Waals surface area contributed by atoms with Gasteiger partial charge in [0.25, 0.3) is 0 Å². The molecule has 9 heteroatoms. The predicted octanol–water partition coefficient (Wildman–Crippen LogP) is 2.44. The molecule has 0 saturated carbocycles. The second kappa shape index (κ2) is 9.09. The molecule has 1 aromatic carbocycles. The SMILES string of the molecule is CC(C)(C)OC(=O)N1CCOC(C(CCc2c(N)cccc2F)OC(N)=O)C1. The van der Waals surface area contributed by atoms with Crippen LogP contribution in [0.25, 0.3) is 0 Å². The average molecular weight is 397 g/mol. The molecule has 2 rings (SSSR count). The van der Waals surface area contributed by atoms with Gasteiger partial charge >= 0.3 is 12.2 Å². The fraction of sp³-hybridized carbons (Fsp3) is 0.579. The summed E-state index contributed by atoms with van der Waals surface area (Å²) in [5.74, 6) is -0.433. The Balaban J connectivity index is 2.07. The first-order chi connectivity index (χ1) is 13.1. The third-order valence-corrected chi connectivity index (χ3v) is 4.26. The van der Waals surface area contributed by atoms with Crippen LogP contribution in [0.15, 0.2) is 18.2 Å². The van der Waals surface area contributed by atoms with Gasteiger partial charge in [0, 0.05) is 17.8 Å². The van der Waals surface area contributed by atoms with E-state index in [9.17, 15) is 14.0 Å². The number of halogens is 1. The van der Waals surface area contributed by atoms with E-state index in [0.29, 0.717) is 17.8 Å². The van der Waals surface area contributed by atoms with E-state index in [-0.39, 0.29) is 26.0 Å². The highest BCUT2D eigenvalue weighted by Gasteiger charge is 2.34. The van der Waals surface area contributed by atoms with E-state index in [1.165, 1.54) is 17.0 Å². The molecule has 1 saturated heterocycles. The Kier molecular flexibility index (Phi) is 7.06. The van der Waals surface area contributed by atoms with Gasteiger partial charge < -0.3 is 30.6 Å². The third kappa shape index (κ3) is 6.26. The number of morpholine rings is 1. The molecular formula is C19H28FN3O5. The van der Waals surface area contributed by atoms with Crippen molar-refractivity contribution in [3.8, 4) is 0 Å². The van der Waals surface area contributed by atoms with Crippen molar-refractivity contribution in [1.29, 1.82) is 0 Å². The lowest BCUT2D eigenvalue weighted by molar-refractivity contribution is -0.0923. The Morgan fingerprint density at radius 1 is 1.39 bits per heavy atom. The number of benzene rings is 1. The van der Waals surface area contributed by atoms with Gasteiger partial charge in [-0.3, -0.25) is 0 Å². The van der Waals surface area contributed by atoms with Gasteiger partial charge in [-0.15, -0.1) is 0 Å². The van der Waals surface area contributed by atoms with E-state index in [4.69, 9.17) is 25.7 Å². The number of carbonyl (C=O) groups excluding carboxylic acids is 2. The van der Waals surface area contributed by atoms with E-state index in [1.54, 1.807) is 26.8 Å². The van der Waals surface area contributed by atoms with E-state index >= 15 is 0 Å². The lowest BCUT2D eigenvalue weighted by atomic mass is 10.0. The van der Waals surface area contributed by atoms with E-state index < -0.39 is 35.8 Å². The molecule has 8 nitrogen and oxygen atoms in total. The Bertz CT molecular complexity index is 687. The number of carbonyl (C=O) groups is 2. The number of amides is 2. The normalized spacial score (nSPS) is 18.4. The van der Waals surface area contributed by atoms with Crippen LogP contribution >= 0.6 is 0 Å². The highest BCUT2D eigenvalue weighted by Crippen LogP contribution is 2.22. The van der Waals surface area contributed by atoms with Crippen LogP contribution in [0.3, 0.4) is 0 Å². The summed E-state index contributed by atoms with van der Waals surface area (Å²) in [6.07, 6.45) is -2.35. The first-order valence-corrected chi connectivity index (χ1v) is 9.15. The third-order valence-electron chi connectivity index (χ3n) is 4.26. The number of nitrogens with two attached hydrogens (primary N) is 2. The summed E-state index contributed by atoms with van der Waals surface area (Å²) in [7, 11) is 0. The summed E-state index contributed by atoms with van der Waals surface area (Å²) in [5.41, 5.74) is 11.0. The second-order valence-electron chi connectivity index (χ2n) is 7.66. The molecular weight excluding hydrogens is 369 g/mol. The molecule has 4 N–H and O–H groups in total. The minimum absolute atomic E-state index is 0.166. The van der Waals surface area contributed by atoms with Crippen LogP contribution in [0.1, 0.15) is 32.8 Å². The Hall–Kier alpha value is -2.55. The zero-order valence-corrected chi connectivity index (χ0v) is 16.4. The predicted molar refractivity (Wildman–Crippen MR) is 101 cm³/mol. The minimum atomic E-state index is -0.968. The molecule has 156 valence electrons. The van der Waals surface area contributed by atoms with Gasteiger partial charge in [-0.2, -0.15) is 0 Å². The van der Waals surface area contributed by atoms with Crippen molar-refractivity contribution in [2.45, 2.75) is 51.4 Å². The van der Waals surface area contributed by atoms with Crippen molar-refractivity contribution in [2.75, 3.05) is 25.4 Å². The van der Waals surface area contributed by atoms with Crippen LogP contribution in [0.2, 0.25) is 0 Å². The highest BCUT2D eigenvalue weighted by atomic mass is 19.1. The van der Waals surface area contributed by atoms with Gasteiger partial charge in [0.15, 0.2) is 0 Å². The summed E-state index contributed by atoms with van der Waals surface area (Å²) in [6.45, 7) is 6.11. The molecule has 1 heterocycles. The summed E-state index contributed by atoms with van der Waals surface area (Å²) < 4.78 is 30.3. The summed E-state index contributed by atoms with van der Waals surface area (Å²) in [6, 6.07) is 4.44. The van der Waals surface area contributed by atoms with Crippen molar-refractivity contribution >= 4 is 17.9 Å². The van der Waals surface area contributed by atoms with Crippen LogP contribution in [0.5, 0.6) is 0 Å². The van der Waals surface area contributed by atoms with Crippen LogP contribution < -0.4 is 11.5 Å². The number of rotatable bonds is 5. The number of ether oxygens (including phenoxy) is 3. The van der Waals surface area contributed by atoms with E-state index in [2.05, 4.69) is 0 Å². The molecule has 2 amide bonds. The van der Waals surface area contributed by atoms with Crippen molar-refractivity contribution in [2.24, 2.45) is 5.73 Å². The van der Waals surface area contributed by atoms with Gasteiger partial charge in [0.05, 0.1) is 13.2 Å². The van der Waals surface area contributed by atoms with E-state index in [0.717, 1.165) is 0 Å². The monoisotopic (exact) mass is 397 g/mol. The number of hydrogen-bond donors (Lipinski definition) is 2. The lowest BCUT2D eigenvalue weighted by Gasteiger charge is -2.37. The highest BCUT2D eigenvalue weighted by molar-refractivity contribution is 5.68. The van der Waals surface area contributed by atoms with Crippen molar-refractivity contribution < 1.29 is 28.2 Å². The topological polar surface area (TPSA) is 117 Å². The molecule has 28 heavy (non-hydrogen) atoms. The minimum Gasteiger partial charge on any atom is -0.444 e. The smallest absolute Gasteiger partial charge is 0.410 e. The number of hydrogen-bond acceptors (Lipinski definition) is 6. The average Bonchev–Trinajstić information content (AvgIpc) is 2.58. The molecule has 1 aromatic rings. The molecule has 2 unspecified atom stereocenters. The molecule has 0 aromatic heterocycles. The van der Waals surface area contributed by atoms with Crippen LogP contribution in [-0.2, 0) is 20.6 Å². The van der Waals surface area contributed by atoms with Gasteiger partial charge in [0.1, 0.15) is 23.6 Å². The van der Waals surface area contributed by atoms with Gasteiger partial charge in [-0.1, -0.05) is 6.07 Å². The Labute approximate surface area is 163 Å². The van der Waals surface area contributed by atoms with Crippen molar-refractivity contribution in [1.82, 2.24) is 4.90 Å². The number of anilines is 1. The first kappa shape index (κ1) is 21.7. The number of nitrogens with zero attached hydrogens (tertiary/aromatic N) is 1. The fourth-order valence-corrected chi connectivity index (χ4v) is 2.99. The zero-order valence-electron chi connectivity index (χ0n) is 16.4. The maximum Gasteiger partial charge on any atom is 0.410 e.